The van der Waals surface area contributed by atoms with Gasteiger partial charge in [-0.2, -0.15) is 5.10 Å². The van der Waals surface area contributed by atoms with Gasteiger partial charge in [-0.05, 0) is 77.5 Å². The molecule has 45 heavy (non-hydrogen) atoms. The van der Waals surface area contributed by atoms with E-state index in [9.17, 15) is 19.2 Å². The van der Waals surface area contributed by atoms with E-state index >= 15 is 0 Å². The Morgan fingerprint density at radius 3 is 2.02 bits per heavy atom. The van der Waals surface area contributed by atoms with Crippen molar-refractivity contribution in [3.8, 4) is 11.5 Å². The van der Waals surface area contributed by atoms with Crippen molar-refractivity contribution in [1.82, 2.24) is 10.7 Å². The van der Waals surface area contributed by atoms with Crippen LogP contribution >= 0.6 is 23.2 Å². The van der Waals surface area contributed by atoms with Crippen LogP contribution in [0.5, 0.6) is 11.5 Å². The first-order chi connectivity index (χ1) is 21.8. The van der Waals surface area contributed by atoms with Crippen LogP contribution in [0.1, 0.15) is 36.6 Å². The smallest absolute Gasteiger partial charge is 0.343 e. The first kappa shape index (κ1) is 30.9. The van der Waals surface area contributed by atoms with Crippen molar-refractivity contribution in [1.29, 1.82) is 0 Å². The number of fused-ring (bicyclic) bond motifs is 1. The summed E-state index contributed by atoms with van der Waals surface area (Å²) in [5, 5.41) is 9.09. The van der Waals surface area contributed by atoms with Crippen molar-refractivity contribution < 1.29 is 28.7 Å². The summed E-state index contributed by atoms with van der Waals surface area (Å²) < 4.78 is 11.0. The molecule has 224 valence electrons. The van der Waals surface area contributed by atoms with Crippen LogP contribution in [0.3, 0.4) is 0 Å². The van der Waals surface area contributed by atoms with Crippen molar-refractivity contribution in [2.45, 2.75) is 0 Å². The molecule has 5 aromatic carbocycles. The number of carbonyl (C=O) groups excluding carboxylic acids is 4. The molecule has 0 aliphatic rings. The third kappa shape index (κ3) is 8.11. The van der Waals surface area contributed by atoms with E-state index in [2.05, 4.69) is 15.8 Å². The summed E-state index contributed by atoms with van der Waals surface area (Å²) in [7, 11) is 0. The number of nitrogens with one attached hydrogen (secondary N) is 2. The van der Waals surface area contributed by atoms with Crippen molar-refractivity contribution in [2.75, 3.05) is 6.54 Å². The molecule has 5 aromatic rings. The fourth-order valence-electron chi connectivity index (χ4n) is 4.16. The van der Waals surface area contributed by atoms with E-state index < -0.39 is 23.8 Å². The topological polar surface area (TPSA) is 123 Å². The van der Waals surface area contributed by atoms with Gasteiger partial charge in [-0.3, -0.25) is 9.59 Å². The number of amides is 2. The lowest BCUT2D eigenvalue weighted by molar-refractivity contribution is -0.120. The minimum absolute atomic E-state index is 0.00128. The van der Waals surface area contributed by atoms with Crippen molar-refractivity contribution in [3.63, 3.8) is 0 Å². The van der Waals surface area contributed by atoms with Gasteiger partial charge in [0.1, 0.15) is 11.5 Å². The Morgan fingerprint density at radius 1 is 0.711 bits per heavy atom. The number of benzene rings is 5. The van der Waals surface area contributed by atoms with Crippen LogP contribution in [0.15, 0.2) is 114 Å². The zero-order valence-electron chi connectivity index (χ0n) is 23.3. The first-order valence-corrected chi connectivity index (χ1v) is 14.2. The molecule has 5 rings (SSSR count). The maximum atomic E-state index is 12.9. The highest BCUT2D eigenvalue weighted by Crippen LogP contribution is 2.26. The molecular weight excluding hydrogens is 617 g/mol. The van der Waals surface area contributed by atoms with Gasteiger partial charge >= 0.3 is 11.9 Å². The fraction of sp³-hybridized carbons (Fsp3) is 0.0294. The summed E-state index contributed by atoms with van der Waals surface area (Å²) in [6, 6.07) is 29.3. The molecule has 0 saturated heterocycles. The Balaban J connectivity index is 1.27. The second-order valence-electron chi connectivity index (χ2n) is 9.50. The Bertz CT molecular complexity index is 1920. The number of nitrogens with zero attached hydrogens (tertiary/aromatic N) is 1. The number of rotatable bonds is 9. The van der Waals surface area contributed by atoms with E-state index in [0.29, 0.717) is 15.6 Å². The Labute approximate surface area is 267 Å². The number of hydrogen-bond donors (Lipinski definition) is 2. The van der Waals surface area contributed by atoms with E-state index in [1.165, 1.54) is 48.7 Å². The third-order valence-electron chi connectivity index (χ3n) is 6.39. The van der Waals surface area contributed by atoms with Crippen LogP contribution in [0.2, 0.25) is 10.0 Å². The van der Waals surface area contributed by atoms with Crippen LogP contribution in [0.25, 0.3) is 10.8 Å². The lowest BCUT2D eigenvalue weighted by Crippen LogP contribution is -2.35. The molecule has 2 amide bonds. The van der Waals surface area contributed by atoms with E-state index in [0.717, 1.165) is 10.8 Å². The van der Waals surface area contributed by atoms with Crippen LogP contribution in [-0.4, -0.2) is 36.5 Å². The number of carbonyl (C=O) groups is 4. The van der Waals surface area contributed by atoms with Crippen molar-refractivity contribution in [2.24, 2.45) is 5.10 Å². The van der Waals surface area contributed by atoms with Gasteiger partial charge in [-0.1, -0.05) is 59.6 Å². The lowest BCUT2D eigenvalue weighted by atomic mass is 10.0. The van der Waals surface area contributed by atoms with Crippen molar-refractivity contribution >= 4 is 63.9 Å². The second kappa shape index (κ2) is 14.3. The predicted molar refractivity (Wildman–Crippen MR) is 171 cm³/mol. The fourth-order valence-corrected chi connectivity index (χ4v) is 4.41. The zero-order valence-corrected chi connectivity index (χ0v) is 24.8. The number of hydrazone groups is 1. The standard InChI is InChI=1S/C34H23Cl2N3O6/c35-25-13-8-22(9-14-25)33(42)44-27-17-12-24(30(18-27)45-34(43)23-10-15-26(36)16-11-23)19-38-39-31(40)20-37-32(41)29-7-3-5-21-4-1-2-6-28(21)29/h1-19H,20H2,(H,37,41)(H,39,40)/b38-19+. The normalized spacial score (nSPS) is 10.8. The minimum atomic E-state index is -0.706. The number of hydrogen-bond acceptors (Lipinski definition) is 7. The first-order valence-electron chi connectivity index (χ1n) is 13.4. The van der Waals surface area contributed by atoms with E-state index in [4.69, 9.17) is 32.7 Å². The van der Waals surface area contributed by atoms with Gasteiger partial charge in [0.15, 0.2) is 0 Å². The highest BCUT2D eigenvalue weighted by atomic mass is 35.5. The molecular formula is C34H23Cl2N3O6. The van der Waals surface area contributed by atoms with E-state index in [1.807, 2.05) is 30.3 Å². The molecule has 0 bridgehead atoms. The number of esters is 2. The van der Waals surface area contributed by atoms with Gasteiger partial charge in [-0.25, -0.2) is 15.0 Å². The minimum Gasteiger partial charge on any atom is -0.423 e. The molecule has 11 heteroatoms. The quantitative estimate of drug-likeness (QED) is 0.0825. The van der Waals surface area contributed by atoms with E-state index in [-0.39, 0.29) is 34.7 Å². The predicted octanol–water partition coefficient (Wildman–Crippen LogP) is 6.47. The van der Waals surface area contributed by atoms with Gasteiger partial charge in [0.25, 0.3) is 11.8 Å². The molecule has 0 saturated carbocycles. The summed E-state index contributed by atoms with van der Waals surface area (Å²) >= 11 is 11.8. The van der Waals surface area contributed by atoms with Gasteiger partial charge in [-0.15, -0.1) is 0 Å². The van der Waals surface area contributed by atoms with Crippen LogP contribution in [0, 0.1) is 0 Å². The van der Waals surface area contributed by atoms with Crippen molar-refractivity contribution in [3.05, 3.63) is 141 Å². The molecule has 0 aliphatic heterocycles. The number of halogens is 2. The molecule has 0 fully saturated rings. The molecule has 0 atom stereocenters. The Kier molecular flexibility index (Phi) is 9.83. The molecule has 0 radical (unpaired) electrons. The summed E-state index contributed by atoms with van der Waals surface area (Å²) in [4.78, 5) is 50.6. The molecule has 0 spiro atoms. The monoisotopic (exact) mass is 639 g/mol. The molecule has 0 aliphatic carbocycles. The van der Waals surface area contributed by atoms with Gasteiger partial charge < -0.3 is 14.8 Å². The number of ether oxygens (including phenoxy) is 2. The summed E-state index contributed by atoms with van der Waals surface area (Å²) in [6.45, 7) is -0.336. The largest absolute Gasteiger partial charge is 0.423 e. The maximum Gasteiger partial charge on any atom is 0.343 e. The Morgan fingerprint density at radius 2 is 1.33 bits per heavy atom. The molecule has 2 N–H and O–H groups in total. The second-order valence-corrected chi connectivity index (χ2v) is 10.4. The summed E-state index contributed by atoms with van der Waals surface area (Å²) in [6.07, 6.45) is 1.25. The van der Waals surface area contributed by atoms with Gasteiger partial charge in [0, 0.05) is 27.2 Å². The van der Waals surface area contributed by atoms with Gasteiger partial charge in [0.2, 0.25) is 0 Å². The SMILES string of the molecule is O=C(CNC(=O)c1cccc2ccccc12)N/N=C/c1ccc(OC(=O)c2ccc(Cl)cc2)cc1OC(=O)c1ccc(Cl)cc1. The average molecular weight is 640 g/mol. The molecule has 0 heterocycles. The molecule has 9 nitrogen and oxygen atoms in total. The highest BCUT2D eigenvalue weighted by molar-refractivity contribution is 6.31. The van der Waals surface area contributed by atoms with E-state index in [1.54, 1.807) is 36.4 Å². The third-order valence-corrected chi connectivity index (χ3v) is 6.90. The zero-order chi connectivity index (χ0) is 31.8. The maximum absolute atomic E-state index is 12.9. The summed E-state index contributed by atoms with van der Waals surface area (Å²) in [5.74, 6) is -2.27. The Hall–Kier alpha value is -5.51. The molecule has 0 unspecified atom stereocenters. The van der Waals surface area contributed by atoms with Crippen LogP contribution in [0.4, 0.5) is 0 Å². The summed E-state index contributed by atoms with van der Waals surface area (Å²) in [5.41, 5.74) is 3.54. The van der Waals surface area contributed by atoms with Crippen LogP contribution in [-0.2, 0) is 4.79 Å². The highest BCUT2D eigenvalue weighted by Gasteiger charge is 2.16. The van der Waals surface area contributed by atoms with Crippen LogP contribution < -0.4 is 20.2 Å². The average Bonchev–Trinajstić information content (AvgIpc) is 3.05. The molecule has 0 aromatic heterocycles. The lowest BCUT2D eigenvalue weighted by Gasteiger charge is -2.11. The van der Waals surface area contributed by atoms with Gasteiger partial charge in [0.05, 0.1) is 23.9 Å².